The molecule has 1 aromatic rings. The SMILES string of the molecule is CC/C(=C\c1ccccc1)[C@@H]1C[C@H]1N(CC1(C)CNC1)C(=O)C(F)(F)F.O=C(O)C(F)(F)F. The van der Waals surface area contributed by atoms with Crippen molar-refractivity contribution in [2.45, 2.75) is 45.1 Å². The van der Waals surface area contributed by atoms with E-state index >= 15 is 0 Å². The molecule has 1 amide bonds. The first-order valence-electron chi connectivity index (χ1n) is 10.3. The van der Waals surface area contributed by atoms with Gasteiger partial charge in [0.2, 0.25) is 0 Å². The van der Waals surface area contributed by atoms with E-state index in [0.717, 1.165) is 22.5 Å². The number of nitrogens with one attached hydrogen (secondary N) is 1. The summed E-state index contributed by atoms with van der Waals surface area (Å²) in [6, 6.07) is 9.41. The second kappa shape index (κ2) is 10.1. The molecule has 1 heterocycles. The highest BCUT2D eigenvalue weighted by atomic mass is 19.4. The summed E-state index contributed by atoms with van der Waals surface area (Å²) < 4.78 is 71.1. The number of rotatable bonds is 6. The minimum atomic E-state index is -5.08. The van der Waals surface area contributed by atoms with Crippen molar-refractivity contribution in [3.63, 3.8) is 0 Å². The van der Waals surface area contributed by atoms with Crippen molar-refractivity contribution in [3.05, 3.63) is 41.5 Å². The maximum atomic E-state index is 13.1. The molecule has 0 radical (unpaired) electrons. The molecule has 2 atom stereocenters. The number of amides is 1. The van der Waals surface area contributed by atoms with E-state index < -0.39 is 24.2 Å². The predicted octanol–water partition coefficient (Wildman–Crippen LogP) is 4.50. The quantitative estimate of drug-likeness (QED) is 0.589. The standard InChI is InChI=1S/C20H25F3N2O.C2HF3O2/c1-3-15(9-14-7-5-4-6-8-14)16-10-17(16)25(18(26)20(21,22)23)13-19(2)11-24-12-19;3-2(4,5)1(6)7/h4-9,16-17,24H,3,10-13H2,1-2H3;(H,6,7)/b15-9+;/t16-,17+;/m0./s1. The molecule has 2 N–H and O–H groups in total. The zero-order valence-corrected chi connectivity index (χ0v) is 18.1. The number of hydrogen-bond donors (Lipinski definition) is 2. The predicted molar refractivity (Wildman–Crippen MR) is 109 cm³/mol. The second-order valence-corrected chi connectivity index (χ2v) is 8.54. The average Bonchev–Trinajstić information content (AvgIpc) is 3.48. The average molecular weight is 480 g/mol. The van der Waals surface area contributed by atoms with Gasteiger partial charge in [-0.2, -0.15) is 26.3 Å². The Morgan fingerprint density at radius 3 is 2.06 bits per heavy atom. The molecule has 1 aliphatic carbocycles. The van der Waals surface area contributed by atoms with Crippen LogP contribution < -0.4 is 5.32 Å². The lowest BCUT2D eigenvalue weighted by Crippen LogP contribution is -2.59. The lowest BCUT2D eigenvalue weighted by atomic mass is 9.83. The number of carboxylic acids is 1. The third-order valence-corrected chi connectivity index (χ3v) is 5.59. The van der Waals surface area contributed by atoms with Gasteiger partial charge in [-0.25, -0.2) is 4.79 Å². The van der Waals surface area contributed by atoms with Crippen LogP contribution in [-0.2, 0) is 9.59 Å². The van der Waals surface area contributed by atoms with Gasteiger partial charge in [0, 0.05) is 37.0 Å². The zero-order valence-electron chi connectivity index (χ0n) is 18.1. The van der Waals surface area contributed by atoms with Gasteiger partial charge in [0.05, 0.1) is 0 Å². The van der Waals surface area contributed by atoms with E-state index in [0.29, 0.717) is 19.5 Å². The number of carbonyl (C=O) groups is 2. The van der Waals surface area contributed by atoms with Crippen molar-refractivity contribution in [1.29, 1.82) is 0 Å². The lowest BCUT2D eigenvalue weighted by Gasteiger charge is -2.43. The fraction of sp³-hybridized carbons (Fsp3) is 0.545. The number of nitrogens with zero attached hydrogens (tertiary/aromatic N) is 1. The summed E-state index contributed by atoms with van der Waals surface area (Å²) in [4.78, 5) is 22.0. The zero-order chi connectivity index (χ0) is 25.0. The van der Waals surface area contributed by atoms with Crippen LogP contribution in [0.4, 0.5) is 26.3 Å². The van der Waals surface area contributed by atoms with Crippen LogP contribution in [0.3, 0.4) is 0 Å². The van der Waals surface area contributed by atoms with Crippen LogP contribution in [0.1, 0.15) is 32.3 Å². The number of hydrogen-bond acceptors (Lipinski definition) is 3. The van der Waals surface area contributed by atoms with Crippen LogP contribution in [-0.4, -0.2) is 59.9 Å². The number of halogens is 6. The van der Waals surface area contributed by atoms with Crippen LogP contribution >= 0.6 is 0 Å². The minimum absolute atomic E-state index is 0.0168. The number of carbonyl (C=O) groups excluding carboxylic acids is 1. The smallest absolute Gasteiger partial charge is 0.475 e. The first-order valence-corrected chi connectivity index (χ1v) is 10.3. The van der Waals surface area contributed by atoms with Gasteiger partial charge in [-0.15, -0.1) is 0 Å². The van der Waals surface area contributed by atoms with Crippen LogP contribution in [0.25, 0.3) is 6.08 Å². The van der Waals surface area contributed by atoms with Gasteiger partial charge in [0.25, 0.3) is 0 Å². The molecule has 0 bridgehead atoms. The maximum Gasteiger partial charge on any atom is 0.490 e. The van der Waals surface area contributed by atoms with Crippen LogP contribution in [0.2, 0.25) is 0 Å². The van der Waals surface area contributed by atoms with Gasteiger partial charge in [-0.05, 0) is 18.4 Å². The molecule has 2 fully saturated rings. The molecule has 5 nitrogen and oxygen atoms in total. The fourth-order valence-corrected chi connectivity index (χ4v) is 3.74. The maximum absolute atomic E-state index is 13.1. The molecule has 1 aliphatic heterocycles. The first kappa shape index (κ1) is 26.7. The summed E-state index contributed by atoms with van der Waals surface area (Å²) in [5.74, 6) is -4.44. The summed E-state index contributed by atoms with van der Waals surface area (Å²) in [6.45, 7) is 5.39. The summed E-state index contributed by atoms with van der Waals surface area (Å²) in [5.41, 5.74) is 1.88. The van der Waals surface area contributed by atoms with E-state index in [9.17, 15) is 31.1 Å². The summed E-state index contributed by atoms with van der Waals surface area (Å²) in [7, 11) is 0. The number of carboxylic acid groups (broad SMARTS) is 1. The van der Waals surface area contributed by atoms with Gasteiger partial charge in [0.1, 0.15) is 0 Å². The number of benzene rings is 1. The monoisotopic (exact) mass is 480 g/mol. The Hall–Kier alpha value is -2.56. The highest BCUT2D eigenvalue weighted by Gasteiger charge is 2.54. The minimum Gasteiger partial charge on any atom is -0.475 e. The summed E-state index contributed by atoms with van der Waals surface area (Å²) in [6.07, 6.45) is -6.48. The third kappa shape index (κ3) is 7.48. The van der Waals surface area contributed by atoms with E-state index in [1.54, 1.807) is 0 Å². The molecule has 184 valence electrons. The molecular formula is C22H26F6N2O3. The highest BCUT2D eigenvalue weighted by molar-refractivity contribution is 5.82. The Balaban J connectivity index is 0.000000479. The van der Waals surface area contributed by atoms with Crippen molar-refractivity contribution >= 4 is 18.0 Å². The first-order chi connectivity index (χ1) is 15.2. The molecule has 2 aliphatic rings. The molecule has 3 rings (SSSR count). The van der Waals surface area contributed by atoms with Crippen molar-refractivity contribution < 1.29 is 41.0 Å². The fourth-order valence-electron chi connectivity index (χ4n) is 3.74. The third-order valence-electron chi connectivity index (χ3n) is 5.59. The molecule has 1 saturated heterocycles. The molecule has 11 heteroatoms. The Morgan fingerprint density at radius 2 is 1.67 bits per heavy atom. The van der Waals surface area contributed by atoms with E-state index in [4.69, 9.17) is 9.90 Å². The Bertz CT molecular complexity index is 863. The molecule has 1 aromatic carbocycles. The normalized spacial score (nSPS) is 21.9. The molecule has 0 aromatic heterocycles. The van der Waals surface area contributed by atoms with E-state index in [1.165, 1.54) is 0 Å². The lowest BCUT2D eigenvalue weighted by molar-refractivity contribution is -0.192. The van der Waals surface area contributed by atoms with Crippen LogP contribution in [0.5, 0.6) is 0 Å². The molecule has 33 heavy (non-hydrogen) atoms. The van der Waals surface area contributed by atoms with Gasteiger partial charge in [-0.3, -0.25) is 4.79 Å². The number of alkyl halides is 6. The Kier molecular flexibility index (Phi) is 8.21. The molecule has 0 spiro atoms. The van der Waals surface area contributed by atoms with Crippen LogP contribution in [0.15, 0.2) is 35.9 Å². The largest absolute Gasteiger partial charge is 0.490 e. The van der Waals surface area contributed by atoms with Gasteiger partial charge < -0.3 is 15.3 Å². The van der Waals surface area contributed by atoms with Crippen molar-refractivity contribution in [1.82, 2.24) is 10.2 Å². The van der Waals surface area contributed by atoms with E-state index in [2.05, 4.69) is 5.32 Å². The van der Waals surface area contributed by atoms with E-state index in [-0.39, 0.29) is 23.9 Å². The highest BCUT2D eigenvalue weighted by Crippen LogP contribution is 2.45. The summed E-state index contributed by atoms with van der Waals surface area (Å²) >= 11 is 0. The number of aliphatic carboxylic acids is 1. The topological polar surface area (TPSA) is 69.6 Å². The van der Waals surface area contributed by atoms with Gasteiger partial charge >= 0.3 is 24.2 Å². The Labute approximate surface area is 187 Å². The Morgan fingerprint density at radius 1 is 1.12 bits per heavy atom. The molecule has 1 saturated carbocycles. The van der Waals surface area contributed by atoms with Gasteiger partial charge in [0.15, 0.2) is 0 Å². The van der Waals surface area contributed by atoms with E-state index in [1.807, 2.05) is 50.3 Å². The second-order valence-electron chi connectivity index (χ2n) is 8.54. The van der Waals surface area contributed by atoms with Gasteiger partial charge in [-0.1, -0.05) is 55.8 Å². The van der Waals surface area contributed by atoms with Crippen molar-refractivity contribution in [2.75, 3.05) is 19.6 Å². The molecular weight excluding hydrogens is 454 g/mol. The van der Waals surface area contributed by atoms with Crippen molar-refractivity contribution in [3.8, 4) is 0 Å². The molecule has 0 unspecified atom stereocenters. The summed E-state index contributed by atoms with van der Waals surface area (Å²) in [5, 5.41) is 10.2. The van der Waals surface area contributed by atoms with Crippen molar-refractivity contribution in [2.24, 2.45) is 11.3 Å². The van der Waals surface area contributed by atoms with Crippen LogP contribution in [0, 0.1) is 11.3 Å².